The Morgan fingerprint density at radius 2 is 1.79 bits per heavy atom. The van der Waals surface area contributed by atoms with Gasteiger partial charge in [0.2, 0.25) is 5.91 Å². The van der Waals surface area contributed by atoms with Gasteiger partial charge in [0.05, 0.1) is 18.7 Å². The highest BCUT2D eigenvalue weighted by molar-refractivity contribution is 9.10. The van der Waals surface area contributed by atoms with E-state index in [1.165, 1.54) is 7.11 Å². The number of amides is 2. The van der Waals surface area contributed by atoms with Crippen LogP contribution in [0.1, 0.15) is 35.3 Å². The van der Waals surface area contributed by atoms with Crippen molar-refractivity contribution in [3.63, 3.8) is 0 Å². The van der Waals surface area contributed by atoms with Crippen LogP contribution in [0, 0.1) is 0 Å². The number of rotatable bonds is 9. The molecule has 0 saturated carbocycles. The first-order valence-electron chi connectivity index (χ1n) is 8.95. The van der Waals surface area contributed by atoms with Crippen LogP contribution in [0.4, 0.5) is 0 Å². The Bertz CT molecular complexity index is 798. The van der Waals surface area contributed by atoms with Gasteiger partial charge in [-0.1, -0.05) is 40.2 Å². The molecule has 0 aliphatic carbocycles. The van der Waals surface area contributed by atoms with Gasteiger partial charge < -0.3 is 15.4 Å². The predicted octanol–water partition coefficient (Wildman–Crippen LogP) is 4.19. The smallest absolute Gasteiger partial charge is 0.255 e. The van der Waals surface area contributed by atoms with Crippen LogP contribution in [-0.2, 0) is 4.79 Å². The van der Waals surface area contributed by atoms with Gasteiger partial charge in [-0.15, -0.1) is 0 Å². The highest BCUT2D eigenvalue weighted by Gasteiger charge is 2.24. The van der Waals surface area contributed by atoms with Crippen molar-refractivity contribution in [1.29, 1.82) is 0 Å². The first-order chi connectivity index (χ1) is 13.5. The molecular weight excluding hydrogens is 440 g/mol. The molecule has 0 radical (unpaired) electrons. The minimum atomic E-state index is -0.622. The van der Waals surface area contributed by atoms with Gasteiger partial charge in [0, 0.05) is 4.47 Å². The molecule has 0 aliphatic rings. The zero-order chi connectivity index (χ0) is 20.5. The molecule has 2 amide bonds. The van der Waals surface area contributed by atoms with E-state index in [0.29, 0.717) is 17.7 Å². The molecule has 2 unspecified atom stereocenters. The summed E-state index contributed by atoms with van der Waals surface area (Å²) in [4.78, 5) is 25.6. The second-order valence-electron chi connectivity index (χ2n) is 6.29. The molecule has 0 bridgehead atoms. The number of benzene rings is 2. The van der Waals surface area contributed by atoms with Gasteiger partial charge in [0.25, 0.3) is 5.91 Å². The highest BCUT2D eigenvalue weighted by Crippen LogP contribution is 2.19. The Labute approximate surface area is 178 Å². The molecular formula is C21H25BrN2O3S. The Morgan fingerprint density at radius 3 is 2.43 bits per heavy atom. The van der Waals surface area contributed by atoms with E-state index in [-0.39, 0.29) is 17.9 Å². The van der Waals surface area contributed by atoms with Crippen molar-refractivity contribution in [3.8, 4) is 5.75 Å². The number of halogens is 1. The molecule has 2 N–H and O–H groups in total. The van der Waals surface area contributed by atoms with Gasteiger partial charge in [0.1, 0.15) is 11.8 Å². The van der Waals surface area contributed by atoms with Gasteiger partial charge in [-0.05, 0) is 55.2 Å². The van der Waals surface area contributed by atoms with Crippen LogP contribution < -0.4 is 15.4 Å². The zero-order valence-electron chi connectivity index (χ0n) is 16.2. The lowest BCUT2D eigenvalue weighted by Gasteiger charge is -2.22. The molecule has 0 saturated heterocycles. The summed E-state index contributed by atoms with van der Waals surface area (Å²) in [5.41, 5.74) is 1.41. The maximum absolute atomic E-state index is 12.8. The Balaban J connectivity index is 2.09. The van der Waals surface area contributed by atoms with Crippen molar-refractivity contribution in [1.82, 2.24) is 10.6 Å². The number of ether oxygens (including phenoxy) is 1. The molecule has 5 nitrogen and oxygen atoms in total. The number of carbonyl (C=O) groups is 2. The van der Waals surface area contributed by atoms with Crippen molar-refractivity contribution in [2.24, 2.45) is 0 Å². The summed E-state index contributed by atoms with van der Waals surface area (Å²) < 4.78 is 6.24. The first-order valence-corrected chi connectivity index (χ1v) is 11.1. The maximum atomic E-state index is 12.8. The van der Waals surface area contributed by atoms with Crippen LogP contribution in [-0.4, -0.2) is 37.0 Å². The van der Waals surface area contributed by atoms with E-state index in [4.69, 9.17) is 4.74 Å². The first kappa shape index (κ1) is 22.3. The van der Waals surface area contributed by atoms with Crippen molar-refractivity contribution in [3.05, 3.63) is 64.1 Å². The molecule has 28 heavy (non-hydrogen) atoms. The van der Waals surface area contributed by atoms with Crippen LogP contribution in [0.15, 0.2) is 53.0 Å². The SMILES string of the molecule is COc1ccccc1C(=O)NC(CCSC)C(=O)NC(C)c1ccc(Br)cc1. The minimum Gasteiger partial charge on any atom is -0.496 e. The number of nitrogens with one attached hydrogen (secondary N) is 2. The van der Waals surface area contributed by atoms with E-state index in [9.17, 15) is 9.59 Å². The number of methoxy groups -OCH3 is 1. The summed E-state index contributed by atoms with van der Waals surface area (Å²) in [6.07, 6.45) is 2.52. The number of hydrogen-bond donors (Lipinski definition) is 2. The van der Waals surface area contributed by atoms with Crippen LogP contribution in [0.3, 0.4) is 0 Å². The number of thioether (sulfide) groups is 1. The number of carbonyl (C=O) groups excluding carboxylic acids is 2. The third-order valence-electron chi connectivity index (χ3n) is 4.31. The van der Waals surface area contributed by atoms with E-state index in [1.54, 1.807) is 36.0 Å². The van der Waals surface area contributed by atoms with Crippen molar-refractivity contribution in [2.75, 3.05) is 19.1 Å². The average molecular weight is 465 g/mol. The fourth-order valence-corrected chi connectivity index (χ4v) is 3.46. The molecule has 2 aromatic rings. The Hall–Kier alpha value is -1.99. The highest BCUT2D eigenvalue weighted by atomic mass is 79.9. The third kappa shape index (κ3) is 6.27. The predicted molar refractivity (Wildman–Crippen MR) is 118 cm³/mol. The van der Waals surface area contributed by atoms with E-state index in [1.807, 2.05) is 37.4 Å². The molecule has 2 aromatic carbocycles. The molecule has 150 valence electrons. The van der Waals surface area contributed by atoms with Crippen LogP contribution in [0.5, 0.6) is 5.75 Å². The lowest BCUT2D eigenvalue weighted by molar-refractivity contribution is -0.123. The average Bonchev–Trinajstić information content (AvgIpc) is 2.71. The van der Waals surface area contributed by atoms with Crippen molar-refractivity contribution < 1.29 is 14.3 Å². The van der Waals surface area contributed by atoms with Gasteiger partial charge >= 0.3 is 0 Å². The lowest BCUT2D eigenvalue weighted by Crippen LogP contribution is -2.47. The maximum Gasteiger partial charge on any atom is 0.255 e. The summed E-state index contributed by atoms with van der Waals surface area (Å²) in [5.74, 6) is 0.715. The Kier molecular flexibility index (Phi) is 8.86. The standard InChI is InChI=1S/C21H25BrN2O3S/c1-14(15-8-10-16(22)11-9-15)23-21(26)18(12-13-28-3)24-20(25)17-6-4-5-7-19(17)27-2/h4-11,14,18H,12-13H2,1-3H3,(H,23,26)(H,24,25). The van der Waals surface area contributed by atoms with Crippen LogP contribution >= 0.6 is 27.7 Å². The van der Waals surface area contributed by atoms with Crippen LogP contribution in [0.2, 0.25) is 0 Å². The lowest BCUT2D eigenvalue weighted by atomic mass is 10.1. The molecule has 0 spiro atoms. The van der Waals surface area contributed by atoms with E-state index >= 15 is 0 Å². The molecule has 0 heterocycles. The van der Waals surface area contributed by atoms with E-state index in [2.05, 4.69) is 26.6 Å². The molecule has 2 atom stereocenters. The largest absolute Gasteiger partial charge is 0.496 e. The topological polar surface area (TPSA) is 67.4 Å². The summed E-state index contributed by atoms with van der Waals surface area (Å²) >= 11 is 5.04. The minimum absolute atomic E-state index is 0.166. The van der Waals surface area contributed by atoms with Crippen molar-refractivity contribution >= 4 is 39.5 Å². The van der Waals surface area contributed by atoms with Gasteiger partial charge in [0.15, 0.2) is 0 Å². The molecule has 2 rings (SSSR count). The van der Waals surface area contributed by atoms with E-state index in [0.717, 1.165) is 15.8 Å². The summed E-state index contributed by atoms with van der Waals surface area (Å²) in [7, 11) is 1.52. The molecule has 0 fully saturated rings. The zero-order valence-corrected chi connectivity index (χ0v) is 18.6. The second-order valence-corrected chi connectivity index (χ2v) is 8.19. The van der Waals surface area contributed by atoms with Gasteiger partial charge in [-0.3, -0.25) is 9.59 Å². The van der Waals surface area contributed by atoms with Crippen LogP contribution in [0.25, 0.3) is 0 Å². The fraction of sp³-hybridized carbons (Fsp3) is 0.333. The van der Waals surface area contributed by atoms with E-state index < -0.39 is 6.04 Å². The number of para-hydroxylation sites is 1. The second kappa shape index (κ2) is 11.1. The summed E-state index contributed by atoms with van der Waals surface area (Å²) in [6.45, 7) is 1.93. The summed E-state index contributed by atoms with van der Waals surface area (Å²) in [5, 5.41) is 5.86. The quantitative estimate of drug-likeness (QED) is 0.583. The molecule has 0 aliphatic heterocycles. The molecule has 7 heteroatoms. The third-order valence-corrected chi connectivity index (χ3v) is 5.49. The molecule has 0 aromatic heterocycles. The van der Waals surface area contributed by atoms with Crippen molar-refractivity contribution in [2.45, 2.75) is 25.4 Å². The van der Waals surface area contributed by atoms with Gasteiger partial charge in [-0.2, -0.15) is 11.8 Å². The van der Waals surface area contributed by atoms with Gasteiger partial charge in [-0.25, -0.2) is 0 Å². The Morgan fingerprint density at radius 1 is 1.11 bits per heavy atom. The number of hydrogen-bond acceptors (Lipinski definition) is 4. The summed E-state index contributed by atoms with van der Waals surface area (Å²) in [6, 6.07) is 14.0. The fourth-order valence-electron chi connectivity index (χ4n) is 2.72. The normalized spacial score (nSPS) is 12.7. The monoisotopic (exact) mass is 464 g/mol.